The summed E-state index contributed by atoms with van der Waals surface area (Å²) in [4.78, 5) is 4.09. The van der Waals surface area contributed by atoms with Gasteiger partial charge in [-0.3, -0.25) is 0 Å². The van der Waals surface area contributed by atoms with Crippen molar-refractivity contribution in [2.45, 2.75) is 26.3 Å². The van der Waals surface area contributed by atoms with E-state index in [2.05, 4.69) is 10.3 Å². The summed E-state index contributed by atoms with van der Waals surface area (Å²) in [5.74, 6) is -0.838. The third-order valence-corrected chi connectivity index (χ3v) is 3.34. The summed E-state index contributed by atoms with van der Waals surface area (Å²) >= 11 is 0. The number of anilines is 1. The monoisotopic (exact) mass is 291 g/mol. The Bertz CT molecular complexity index is 588. The largest absolute Gasteiger partial charge is 0.383 e. The summed E-state index contributed by atoms with van der Waals surface area (Å²) in [6, 6.07) is 4.95. The number of benzene rings is 1. The topological polar surface area (TPSA) is 50.9 Å². The minimum absolute atomic E-state index is 0.369. The average molecular weight is 291 g/mol. The van der Waals surface area contributed by atoms with E-state index in [1.165, 1.54) is 12.1 Å². The second-order valence-corrected chi connectivity index (χ2v) is 5.02. The van der Waals surface area contributed by atoms with E-state index in [1.54, 1.807) is 6.20 Å². The molecule has 1 aromatic carbocycles. The SMILES string of the molecule is CCCNC(c1cc(F)cc(F)c1)c1c(C)ccnc1N. The molecule has 3 N–H and O–H groups in total. The Morgan fingerprint density at radius 1 is 1.24 bits per heavy atom. The number of hydrogen-bond donors (Lipinski definition) is 2. The molecule has 0 spiro atoms. The molecule has 3 nitrogen and oxygen atoms in total. The van der Waals surface area contributed by atoms with Gasteiger partial charge in [-0.15, -0.1) is 0 Å². The van der Waals surface area contributed by atoms with Gasteiger partial charge in [-0.2, -0.15) is 0 Å². The first-order valence-corrected chi connectivity index (χ1v) is 6.93. The van der Waals surface area contributed by atoms with Crippen molar-refractivity contribution in [2.75, 3.05) is 12.3 Å². The van der Waals surface area contributed by atoms with E-state index in [-0.39, 0.29) is 6.04 Å². The van der Waals surface area contributed by atoms with Crippen molar-refractivity contribution in [3.63, 3.8) is 0 Å². The van der Waals surface area contributed by atoms with Crippen LogP contribution in [0.3, 0.4) is 0 Å². The highest BCUT2D eigenvalue weighted by molar-refractivity contribution is 5.50. The van der Waals surface area contributed by atoms with Gasteiger partial charge in [0.1, 0.15) is 17.5 Å². The number of pyridine rings is 1. The lowest BCUT2D eigenvalue weighted by atomic mass is 9.95. The molecule has 0 saturated heterocycles. The second kappa shape index (κ2) is 6.63. The molecule has 1 aromatic heterocycles. The molecule has 0 aliphatic heterocycles. The maximum Gasteiger partial charge on any atom is 0.128 e. The molecule has 2 rings (SSSR count). The molecule has 1 heterocycles. The van der Waals surface area contributed by atoms with Gasteiger partial charge >= 0.3 is 0 Å². The van der Waals surface area contributed by atoms with E-state index in [4.69, 9.17) is 5.73 Å². The Labute approximate surface area is 123 Å². The van der Waals surface area contributed by atoms with E-state index < -0.39 is 11.6 Å². The lowest BCUT2D eigenvalue weighted by Gasteiger charge is -2.22. The fourth-order valence-corrected chi connectivity index (χ4v) is 2.38. The maximum absolute atomic E-state index is 13.5. The first-order valence-electron chi connectivity index (χ1n) is 6.93. The van der Waals surface area contributed by atoms with Crippen LogP contribution in [0.1, 0.15) is 36.1 Å². The van der Waals surface area contributed by atoms with Crippen LogP contribution in [0, 0.1) is 18.6 Å². The second-order valence-electron chi connectivity index (χ2n) is 5.02. The highest BCUT2D eigenvalue weighted by atomic mass is 19.1. The van der Waals surface area contributed by atoms with Gasteiger partial charge in [-0.1, -0.05) is 6.92 Å². The lowest BCUT2D eigenvalue weighted by Crippen LogP contribution is -2.25. The summed E-state index contributed by atoms with van der Waals surface area (Å²) in [6.07, 6.45) is 2.52. The molecule has 112 valence electrons. The van der Waals surface area contributed by atoms with Crippen molar-refractivity contribution in [3.05, 3.63) is 58.8 Å². The Hall–Kier alpha value is -2.01. The predicted molar refractivity (Wildman–Crippen MR) is 79.9 cm³/mol. The average Bonchev–Trinajstić information content (AvgIpc) is 2.41. The summed E-state index contributed by atoms with van der Waals surface area (Å²) in [5, 5.41) is 3.28. The van der Waals surface area contributed by atoms with Crippen molar-refractivity contribution in [3.8, 4) is 0 Å². The Morgan fingerprint density at radius 3 is 2.48 bits per heavy atom. The van der Waals surface area contributed by atoms with E-state index in [9.17, 15) is 8.78 Å². The van der Waals surface area contributed by atoms with Crippen LogP contribution < -0.4 is 11.1 Å². The first-order chi connectivity index (χ1) is 10.0. The molecule has 1 atom stereocenters. The predicted octanol–water partition coefficient (Wildman–Crippen LogP) is 3.34. The van der Waals surface area contributed by atoms with Crippen molar-refractivity contribution >= 4 is 5.82 Å². The fourth-order valence-electron chi connectivity index (χ4n) is 2.38. The molecule has 0 aliphatic rings. The number of rotatable bonds is 5. The van der Waals surface area contributed by atoms with Gasteiger partial charge in [0.15, 0.2) is 0 Å². The number of nitrogens with one attached hydrogen (secondary N) is 1. The molecule has 0 saturated carbocycles. The molecule has 0 fully saturated rings. The zero-order chi connectivity index (χ0) is 15.4. The van der Waals surface area contributed by atoms with Gasteiger partial charge in [-0.05, 0) is 49.2 Å². The van der Waals surface area contributed by atoms with Crippen LogP contribution in [0.25, 0.3) is 0 Å². The molecule has 2 aromatic rings. The quantitative estimate of drug-likeness (QED) is 0.888. The van der Waals surface area contributed by atoms with Crippen LogP contribution in [0.2, 0.25) is 0 Å². The minimum Gasteiger partial charge on any atom is -0.383 e. The van der Waals surface area contributed by atoms with Crippen molar-refractivity contribution in [1.29, 1.82) is 0 Å². The van der Waals surface area contributed by atoms with Crippen LogP contribution in [0.15, 0.2) is 30.5 Å². The van der Waals surface area contributed by atoms with Crippen LogP contribution >= 0.6 is 0 Å². The third kappa shape index (κ3) is 3.55. The van der Waals surface area contributed by atoms with Gasteiger partial charge < -0.3 is 11.1 Å². The van der Waals surface area contributed by atoms with Gasteiger partial charge in [0, 0.05) is 17.8 Å². The van der Waals surface area contributed by atoms with E-state index in [1.807, 2.05) is 19.9 Å². The molecule has 21 heavy (non-hydrogen) atoms. The number of hydrogen-bond acceptors (Lipinski definition) is 3. The Morgan fingerprint density at radius 2 is 1.90 bits per heavy atom. The smallest absolute Gasteiger partial charge is 0.128 e. The van der Waals surface area contributed by atoms with Crippen molar-refractivity contribution in [1.82, 2.24) is 10.3 Å². The number of nitrogens with two attached hydrogens (primary N) is 1. The van der Waals surface area contributed by atoms with Crippen molar-refractivity contribution in [2.24, 2.45) is 0 Å². The molecular formula is C16H19F2N3. The number of halogens is 2. The van der Waals surface area contributed by atoms with Gasteiger partial charge in [0.25, 0.3) is 0 Å². The van der Waals surface area contributed by atoms with Gasteiger partial charge in [-0.25, -0.2) is 13.8 Å². The summed E-state index contributed by atoms with van der Waals surface area (Å²) in [6.45, 7) is 4.63. The highest BCUT2D eigenvalue weighted by Crippen LogP contribution is 2.29. The summed E-state index contributed by atoms with van der Waals surface area (Å²) in [7, 11) is 0. The zero-order valence-electron chi connectivity index (χ0n) is 12.2. The summed E-state index contributed by atoms with van der Waals surface area (Å²) in [5.41, 5.74) is 8.16. The molecule has 0 radical (unpaired) electrons. The number of aryl methyl sites for hydroxylation is 1. The van der Waals surface area contributed by atoms with E-state index >= 15 is 0 Å². The van der Waals surface area contributed by atoms with Crippen LogP contribution in [-0.2, 0) is 0 Å². The number of nitrogen functional groups attached to an aromatic ring is 1. The molecule has 0 bridgehead atoms. The van der Waals surface area contributed by atoms with E-state index in [0.29, 0.717) is 17.9 Å². The minimum atomic E-state index is -0.603. The lowest BCUT2D eigenvalue weighted by molar-refractivity contribution is 0.557. The number of aromatic nitrogens is 1. The van der Waals surface area contributed by atoms with Crippen LogP contribution in [-0.4, -0.2) is 11.5 Å². The van der Waals surface area contributed by atoms with Gasteiger partial charge in [0.05, 0.1) is 6.04 Å². The molecule has 1 unspecified atom stereocenters. The molecule has 0 amide bonds. The van der Waals surface area contributed by atoms with E-state index in [0.717, 1.165) is 23.6 Å². The van der Waals surface area contributed by atoms with Crippen LogP contribution in [0.4, 0.5) is 14.6 Å². The van der Waals surface area contributed by atoms with Crippen molar-refractivity contribution < 1.29 is 8.78 Å². The summed E-state index contributed by atoms with van der Waals surface area (Å²) < 4.78 is 27.0. The van der Waals surface area contributed by atoms with Gasteiger partial charge in [0.2, 0.25) is 0 Å². The number of nitrogens with zero attached hydrogens (tertiary/aromatic N) is 1. The normalized spacial score (nSPS) is 12.4. The Kier molecular flexibility index (Phi) is 4.85. The molecule has 0 aliphatic carbocycles. The van der Waals surface area contributed by atoms with Crippen LogP contribution in [0.5, 0.6) is 0 Å². The molecular weight excluding hydrogens is 272 g/mol. The zero-order valence-corrected chi connectivity index (χ0v) is 12.2. The molecule has 5 heteroatoms. The first kappa shape index (κ1) is 15.4. The highest BCUT2D eigenvalue weighted by Gasteiger charge is 2.20. The maximum atomic E-state index is 13.5. The Balaban J connectivity index is 2.52. The fraction of sp³-hybridized carbons (Fsp3) is 0.312. The standard InChI is InChI=1S/C16H19F2N3/c1-3-5-20-15(11-7-12(17)9-13(18)8-11)14-10(2)4-6-21-16(14)19/h4,6-9,15,20H,3,5H2,1-2H3,(H2,19,21). The third-order valence-electron chi connectivity index (χ3n) is 3.34.